The van der Waals surface area contributed by atoms with E-state index in [1.807, 2.05) is 31.2 Å². The smallest absolute Gasteiger partial charge is 0.241 e. The van der Waals surface area contributed by atoms with Crippen molar-refractivity contribution < 1.29 is 18.8 Å². The second kappa shape index (κ2) is 9.64. The predicted molar refractivity (Wildman–Crippen MR) is 132 cm³/mol. The van der Waals surface area contributed by atoms with Crippen molar-refractivity contribution in [3.8, 4) is 0 Å². The first-order chi connectivity index (χ1) is 17.4. The molecule has 2 fully saturated rings. The monoisotopic (exact) mass is 485 g/mol. The Balaban J connectivity index is 1.42. The standard InChI is InChI=1S/C29H28FN3O3/c1-20-6-2-4-8-24(20)29(17-27(35)33(28(29)36)18-21-10-13-31-14-11-21)16-26(34)32-15-12-22(19-32)23-7-3-5-9-25(23)30/h2-11,13-14,22H,12,15-19H2,1H3/t22-,29-/m0/s1. The number of nitrogens with zero attached hydrogens (tertiary/aromatic N) is 3. The molecule has 0 aliphatic carbocycles. The molecule has 2 saturated heterocycles. The van der Waals surface area contributed by atoms with E-state index in [1.54, 1.807) is 47.6 Å². The molecular formula is C29H28FN3O3. The molecule has 0 spiro atoms. The minimum absolute atomic E-state index is 0.0574. The molecule has 5 rings (SSSR count). The first-order valence-electron chi connectivity index (χ1n) is 12.2. The molecule has 1 aromatic heterocycles. The number of imide groups is 1. The number of carbonyl (C=O) groups is 3. The second-order valence-corrected chi connectivity index (χ2v) is 9.74. The predicted octanol–water partition coefficient (Wildman–Crippen LogP) is 4.13. The summed E-state index contributed by atoms with van der Waals surface area (Å²) >= 11 is 0. The molecule has 0 N–H and O–H groups in total. The van der Waals surface area contributed by atoms with Crippen molar-refractivity contribution >= 4 is 17.7 Å². The number of likely N-dealkylation sites (tertiary alicyclic amines) is 2. The number of hydrogen-bond acceptors (Lipinski definition) is 4. The van der Waals surface area contributed by atoms with E-state index in [4.69, 9.17) is 0 Å². The van der Waals surface area contributed by atoms with Crippen LogP contribution in [0.25, 0.3) is 0 Å². The Morgan fingerprint density at radius 2 is 1.78 bits per heavy atom. The number of carbonyl (C=O) groups excluding carboxylic acids is 3. The highest BCUT2D eigenvalue weighted by atomic mass is 19.1. The first-order valence-corrected chi connectivity index (χ1v) is 12.2. The number of aromatic nitrogens is 1. The van der Waals surface area contributed by atoms with Gasteiger partial charge in [-0.2, -0.15) is 0 Å². The van der Waals surface area contributed by atoms with E-state index in [2.05, 4.69) is 4.98 Å². The summed E-state index contributed by atoms with van der Waals surface area (Å²) in [4.78, 5) is 47.7. The van der Waals surface area contributed by atoms with Crippen molar-refractivity contribution in [2.24, 2.45) is 0 Å². The maximum atomic E-state index is 14.3. The van der Waals surface area contributed by atoms with E-state index in [9.17, 15) is 18.8 Å². The fraction of sp³-hybridized carbons (Fsp3) is 0.310. The van der Waals surface area contributed by atoms with Crippen LogP contribution >= 0.6 is 0 Å². The van der Waals surface area contributed by atoms with Crippen molar-refractivity contribution in [2.45, 2.75) is 44.1 Å². The lowest BCUT2D eigenvalue weighted by Crippen LogP contribution is -2.43. The number of pyridine rings is 1. The van der Waals surface area contributed by atoms with Crippen molar-refractivity contribution in [3.63, 3.8) is 0 Å². The SMILES string of the molecule is Cc1ccccc1[C@]1(CC(=O)N2CC[C@H](c3ccccc3F)C2)CC(=O)N(Cc2ccncc2)C1=O. The van der Waals surface area contributed by atoms with Gasteiger partial charge in [0.1, 0.15) is 5.82 Å². The Labute approximate surface area is 209 Å². The third-order valence-electron chi connectivity index (χ3n) is 7.50. The average Bonchev–Trinajstić information content (AvgIpc) is 3.45. The number of amides is 3. The molecule has 2 aliphatic heterocycles. The molecule has 184 valence electrons. The molecule has 3 heterocycles. The van der Waals surface area contributed by atoms with E-state index in [0.29, 0.717) is 30.6 Å². The lowest BCUT2D eigenvalue weighted by molar-refractivity contribution is -0.143. The number of benzene rings is 2. The van der Waals surface area contributed by atoms with Crippen LogP contribution in [0.1, 0.15) is 47.4 Å². The molecule has 3 amide bonds. The van der Waals surface area contributed by atoms with Gasteiger partial charge < -0.3 is 4.90 Å². The van der Waals surface area contributed by atoms with Crippen LogP contribution < -0.4 is 0 Å². The normalized spacial score (nSPS) is 21.9. The summed E-state index contributed by atoms with van der Waals surface area (Å²) < 4.78 is 14.3. The van der Waals surface area contributed by atoms with Crippen molar-refractivity contribution in [3.05, 3.63) is 101 Å². The highest BCUT2D eigenvalue weighted by Crippen LogP contribution is 2.43. The lowest BCUT2D eigenvalue weighted by Gasteiger charge is -2.30. The minimum Gasteiger partial charge on any atom is -0.342 e. The zero-order valence-corrected chi connectivity index (χ0v) is 20.2. The van der Waals surface area contributed by atoms with Gasteiger partial charge in [0.2, 0.25) is 17.7 Å². The molecular weight excluding hydrogens is 457 g/mol. The number of halogens is 1. The van der Waals surface area contributed by atoms with Crippen LogP contribution in [-0.4, -0.2) is 45.6 Å². The zero-order valence-electron chi connectivity index (χ0n) is 20.2. The van der Waals surface area contributed by atoms with Gasteiger partial charge in [0, 0.05) is 44.2 Å². The second-order valence-electron chi connectivity index (χ2n) is 9.74. The van der Waals surface area contributed by atoms with Gasteiger partial charge in [0.25, 0.3) is 0 Å². The van der Waals surface area contributed by atoms with Crippen LogP contribution in [0.4, 0.5) is 4.39 Å². The van der Waals surface area contributed by atoms with Crippen molar-refractivity contribution in [2.75, 3.05) is 13.1 Å². The maximum absolute atomic E-state index is 14.3. The summed E-state index contributed by atoms with van der Waals surface area (Å²) in [6.45, 7) is 2.92. The van der Waals surface area contributed by atoms with Crippen LogP contribution in [0.15, 0.2) is 73.1 Å². The average molecular weight is 486 g/mol. The largest absolute Gasteiger partial charge is 0.342 e. The minimum atomic E-state index is -1.26. The van der Waals surface area contributed by atoms with Crippen LogP contribution in [-0.2, 0) is 26.3 Å². The molecule has 0 unspecified atom stereocenters. The highest BCUT2D eigenvalue weighted by Gasteiger charge is 2.54. The Kier molecular flexibility index (Phi) is 6.39. The van der Waals surface area contributed by atoms with Gasteiger partial charge in [0.05, 0.1) is 12.0 Å². The summed E-state index contributed by atoms with van der Waals surface area (Å²) in [6, 6.07) is 17.7. The van der Waals surface area contributed by atoms with Gasteiger partial charge in [-0.05, 0) is 53.8 Å². The van der Waals surface area contributed by atoms with E-state index in [0.717, 1.165) is 11.1 Å². The van der Waals surface area contributed by atoms with Crippen LogP contribution in [0.3, 0.4) is 0 Å². The van der Waals surface area contributed by atoms with Gasteiger partial charge in [0.15, 0.2) is 0 Å². The molecule has 2 aromatic carbocycles. The van der Waals surface area contributed by atoms with E-state index >= 15 is 0 Å². The van der Waals surface area contributed by atoms with Gasteiger partial charge in [-0.15, -0.1) is 0 Å². The quantitative estimate of drug-likeness (QED) is 0.493. The van der Waals surface area contributed by atoms with Gasteiger partial charge >= 0.3 is 0 Å². The van der Waals surface area contributed by atoms with Gasteiger partial charge in [-0.25, -0.2) is 4.39 Å². The van der Waals surface area contributed by atoms with Gasteiger partial charge in [-0.1, -0.05) is 42.5 Å². The third-order valence-corrected chi connectivity index (χ3v) is 7.50. The lowest BCUT2D eigenvalue weighted by atomic mass is 9.74. The molecule has 6 nitrogen and oxygen atoms in total. The molecule has 0 radical (unpaired) electrons. The summed E-state index contributed by atoms with van der Waals surface area (Å²) in [5, 5.41) is 0. The highest BCUT2D eigenvalue weighted by molar-refractivity contribution is 6.10. The number of hydrogen-bond donors (Lipinski definition) is 0. The summed E-state index contributed by atoms with van der Waals surface area (Å²) in [5.41, 5.74) is 1.72. The third kappa shape index (κ3) is 4.30. The maximum Gasteiger partial charge on any atom is 0.241 e. The Morgan fingerprint density at radius 1 is 1.06 bits per heavy atom. The van der Waals surface area contributed by atoms with E-state index < -0.39 is 5.41 Å². The fourth-order valence-electron chi connectivity index (χ4n) is 5.60. The molecule has 2 aliphatic rings. The molecule has 3 aromatic rings. The summed E-state index contributed by atoms with van der Waals surface area (Å²) in [5.74, 6) is -1.19. The van der Waals surface area contributed by atoms with Crippen LogP contribution in [0.5, 0.6) is 0 Å². The summed E-state index contributed by atoms with van der Waals surface area (Å²) in [7, 11) is 0. The van der Waals surface area contributed by atoms with Crippen molar-refractivity contribution in [1.29, 1.82) is 0 Å². The number of rotatable bonds is 6. The van der Waals surface area contributed by atoms with Crippen LogP contribution in [0.2, 0.25) is 0 Å². The van der Waals surface area contributed by atoms with E-state index in [1.165, 1.54) is 11.0 Å². The van der Waals surface area contributed by atoms with Crippen LogP contribution in [0, 0.1) is 12.7 Å². The summed E-state index contributed by atoms with van der Waals surface area (Å²) in [6.07, 6.45) is 3.75. The topological polar surface area (TPSA) is 70.6 Å². The Morgan fingerprint density at radius 3 is 2.53 bits per heavy atom. The molecule has 0 saturated carbocycles. The molecule has 7 heteroatoms. The Bertz CT molecular complexity index is 1310. The number of aryl methyl sites for hydroxylation is 1. The fourth-order valence-corrected chi connectivity index (χ4v) is 5.60. The molecule has 36 heavy (non-hydrogen) atoms. The van der Waals surface area contributed by atoms with Gasteiger partial charge in [-0.3, -0.25) is 24.3 Å². The van der Waals surface area contributed by atoms with E-state index in [-0.39, 0.29) is 48.8 Å². The first kappa shape index (κ1) is 23.9. The molecule has 2 atom stereocenters. The molecule has 0 bridgehead atoms. The zero-order chi connectivity index (χ0) is 25.3. The Hall–Kier alpha value is -3.87. The van der Waals surface area contributed by atoms with Crippen molar-refractivity contribution in [1.82, 2.24) is 14.8 Å².